The van der Waals surface area contributed by atoms with E-state index >= 15 is 0 Å². The molecule has 10 heavy (non-hydrogen) atoms. The molecule has 0 aliphatic rings. The summed E-state index contributed by atoms with van der Waals surface area (Å²) in [6.45, 7) is -0.226. The van der Waals surface area contributed by atoms with Crippen molar-refractivity contribution in [2.75, 3.05) is 13.6 Å². The van der Waals surface area contributed by atoms with Crippen LogP contribution in [-0.2, 0) is 0 Å². The predicted octanol–water partition coefficient (Wildman–Crippen LogP) is -0.389. The molecule has 0 aromatic carbocycles. The highest BCUT2D eigenvalue weighted by Crippen LogP contribution is 1.69. The quantitative estimate of drug-likeness (QED) is 0.362. The maximum Gasteiger partial charge on any atom is 0.231 e. The number of hydrogen-bond donors (Lipinski definition) is 2. The summed E-state index contributed by atoms with van der Waals surface area (Å²) >= 11 is 0. The Morgan fingerprint density at radius 2 is 2.10 bits per heavy atom. The minimum absolute atomic E-state index is 0. The smallest absolute Gasteiger partial charge is 0.231 e. The maximum absolute atomic E-state index is 9.65. The first kappa shape index (κ1) is 16.5. The lowest BCUT2D eigenvalue weighted by atomic mass is 10.5. The number of nitrogens with one attached hydrogen (secondary N) is 1. The Morgan fingerprint density at radius 3 is 2.20 bits per heavy atom. The van der Waals surface area contributed by atoms with E-state index in [1.165, 1.54) is 0 Å². The Kier molecular flexibility index (Phi) is 14.7. The van der Waals surface area contributed by atoms with E-state index in [0.29, 0.717) is 0 Å². The summed E-state index contributed by atoms with van der Waals surface area (Å²) in [4.78, 5) is 9.20. The summed E-state index contributed by atoms with van der Waals surface area (Å²) in [5.41, 5.74) is 5.12. The van der Waals surface area contributed by atoms with E-state index in [-0.39, 0.29) is 31.4 Å². The summed E-state index contributed by atoms with van der Waals surface area (Å²) in [5, 5.41) is 12.2. The van der Waals surface area contributed by atoms with Crippen LogP contribution in [0.1, 0.15) is 0 Å². The van der Waals surface area contributed by atoms with Gasteiger partial charge in [0, 0.05) is 4.92 Å². The van der Waals surface area contributed by atoms with Crippen molar-refractivity contribution in [3.05, 3.63) is 10.1 Å². The number of nitrogens with zero attached hydrogens (tertiary/aromatic N) is 1. The van der Waals surface area contributed by atoms with Gasteiger partial charge in [0.15, 0.2) is 0 Å². The number of rotatable bonds is 3. The van der Waals surface area contributed by atoms with Gasteiger partial charge in [0.25, 0.3) is 0 Å². The van der Waals surface area contributed by atoms with Gasteiger partial charge < -0.3 is 5.73 Å². The molecule has 0 fully saturated rings. The highest BCUT2D eigenvalue weighted by atomic mass is 35.5. The zero-order valence-corrected chi connectivity index (χ0v) is 7.08. The first-order chi connectivity index (χ1) is 3.66. The molecule has 0 radical (unpaired) electrons. The Bertz CT molecular complexity index is 91.8. The number of nitrogens with two attached hydrogens (primary N) is 1. The maximum atomic E-state index is 9.65. The number of hydrogen-bond acceptors (Lipinski definition) is 4. The highest BCUT2D eigenvalue weighted by Gasteiger charge is 2.03. The largest absolute Gasteiger partial charge is 0.310 e. The van der Waals surface area contributed by atoms with E-state index in [2.05, 4.69) is 5.32 Å². The molecule has 64 valence electrons. The predicted molar refractivity (Wildman–Crippen MR) is 43.4 cm³/mol. The molecule has 1 unspecified atom stereocenters. The second-order valence-corrected chi connectivity index (χ2v) is 1.41. The molecular weight excluding hydrogens is 181 g/mol. The Morgan fingerprint density at radius 1 is 1.70 bits per heavy atom. The molecule has 0 amide bonds. The lowest BCUT2D eigenvalue weighted by Gasteiger charge is -2.01. The van der Waals surface area contributed by atoms with Crippen LogP contribution in [0.15, 0.2) is 0 Å². The zero-order chi connectivity index (χ0) is 6.57. The topological polar surface area (TPSA) is 81.2 Å². The Balaban J connectivity index is -0.000000245. The standard InChI is InChI=1S/C3H9N3O2.2ClH/c1-5-3(4)2-6(7)8;;/h3,5H,2,4H2,1H3;2*1H. The zero-order valence-electron chi connectivity index (χ0n) is 5.44. The second-order valence-electron chi connectivity index (χ2n) is 1.41. The molecule has 0 rings (SSSR count). The molecule has 0 aromatic heterocycles. The molecule has 0 saturated heterocycles. The second kappa shape index (κ2) is 8.90. The van der Waals surface area contributed by atoms with Crippen LogP contribution in [0, 0.1) is 10.1 Å². The number of likely N-dealkylation sites (N-methyl/N-ethyl adjacent to an activating group) is 1. The van der Waals surface area contributed by atoms with Crippen molar-refractivity contribution in [2.24, 2.45) is 5.73 Å². The fourth-order valence-electron chi connectivity index (χ4n) is 0.252. The van der Waals surface area contributed by atoms with Crippen LogP contribution in [0.25, 0.3) is 0 Å². The first-order valence-electron chi connectivity index (χ1n) is 2.21. The summed E-state index contributed by atoms with van der Waals surface area (Å²) in [5.74, 6) is 0. The third-order valence-corrected chi connectivity index (χ3v) is 0.717. The number of nitro groups is 1. The molecule has 0 aliphatic heterocycles. The fraction of sp³-hybridized carbons (Fsp3) is 1.00. The average molecular weight is 192 g/mol. The molecule has 3 N–H and O–H groups in total. The summed E-state index contributed by atoms with van der Waals surface area (Å²) in [7, 11) is 1.58. The SMILES string of the molecule is CNC(N)C[N+](=O)[O-].Cl.Cl. The van der Waals surface area contributed by atoms with Gasteiger partial charge in [-0.15, -0.1) is 24.8 Å². The molecule has 1 atom stereocenters. The van der Waals surface area contributed by atoms with Crippen molar-refractivity contribution < 1.29 is 4.92 Å². The van der Waals surface area contributed by atoms with Crippen molar-refractivity contribution in [1.29, 1.82) is 0 Å². The molecule has 0 aliphatic carbocycles. The molecule has 7 heteroatoms. The van der Waals surface area contributed by atoms with Crippen molar-refractivity contribution in [3.8, 4) is 0 Å². The third-order valence-electron chi connectivity index (χ3n) is 0.717. The minimum Gasteiger partial charge on any atom is -0.310 e. The van der Waals surface area contributed by atoms with Crippen molar-refractivity contribution in [3.63, 3.8) is 0 Å². The monoisotopic (exact) mass is 191 g/mol. The number of halogens is 2. The molecule has 0 saturated carbocycles. The molecular formula is C3H11Cl2N3O2. The lowest BCUT2D eigenvalue weighted by Crippen LogP contribution is -2.40. The molecule has 0 spiro atoms. The van der Waals surface area contributed by atoms with Crippen molar-refractivity contribution >= 4 is 24.8 Å². The van der Waals surface area contributed by atoms with Gasteiger partial charge in [-0.3, -0.25) is 15.4 Å². The van der Waals surface area contributed by atoms with E-state index in [9.17, 15) is 10.1 Å². The van der Waals surface area contributed by atoms with Gasteiger partial charge in [0.05, 0.1) is 0 Å². The van der Waals surface area contributed by atoms with Crippen LogP contribution >= 0.6 is 24.8 Å². The van der Waals surface area contributed by atoms with Gasteiger partial charge in [-0.1, -0.05) is 0 Å². The molecule has 0 heterocycles. The average Bonchev–Trinajstić information content (AvgIpc) is 1.65. The van der Waals surface area contributed by atoms with Crippen LogP contribution in [0.5, 0.6) is 0 Å². The normalized spacial score (nSPS) is 10.6. The minimum atomic E-state index is -0.523. The summed E-state index contributed by atoms with van der Waals surface area (Å²) in [6, 6.07) is 0. The fourth-order valence-corrected chi connectivity index (χ4v) is 0.252. The lowest BCUT2D eigenvalue weighted by molar-refractivity contribution is -0.483. The highest BCUT2D eigenvalue weighted by molar-refractivity contribution is 5.85. The Labute approximate surface area is 71.3 Å². The van der Waals surface area contributed by atoms with Crippen LogP contribution in [0.3, 0.4) is 0 Å². The van der Waals surface area contributed by atoms with Gasteiger partial charge in [-0.2, -0.15) is 0 Å². The van der Waals surface area contributed by atoms with Crippen molar-refractivity contribution in [2.45, 2.75) is 6.17 Å². The van der Waals surface area contributed by atoms with Gasteiger partial charge in [-0.25, -0.2) is 0 Å². The molecule has 0 bridgehead atoms. The van der Waals surface area contributed by atoms with E-state index < -0.39 is 11.1 Å². The molecule has 0 aromatic rings. The van der Waals surface area contributed by atoms with Gasteiger partial charge in [0.1, 0.15) is 6.17 Å². The molecule has 5 nitrogen and oxygen atoms in total. The van der Waals surface area contributed by atoms with Gasteiger partial charge in [-0.05, 0) is 7.05 Å². The van der Waals surface area contributed by atoms with E-state index in [1.54, 1.807) is 7.05 Å². The first-order valence-corrected chi connectivity index (χ1v) is 2.21. The van der Waals surface area contributed by atoms with Gasteiger partial charge >= 0.3 is 0 Å². The third kappa shape index (κ3) is 10.8. The van der Waals surface area contributed by atoms with E-state index in [4.69, 9.17) is 5.73 Å². The summed E-state index contributed by atoms with van der Waals surface area (Å²) in [6.07, 6.45) is -0.523. The van der Waals surface area contributed by atoms with Crippen LogP contribution < -0.4 is 11.1 Å². The van der Waals surface area contributed by atoms with E-state index in [1.807, 2.05) is 0 Å². The van der Waals surface area contributed by atoms with E-state index in [0.717, 1.165) is 0 Å². The van der Waals surface area contributed by atoms with Crippen molar-refractivity contribution in [1.82, 2.24) is 5.32 Å². The van der Waals surface area contributed by atoms with Crippen LogP contribution in [0.4, 0.5) is 0 Å². The van der Waals surface area contributed by atoms with Crippen LogP contribution in [0.2, 0.25) is 0 Å². The van der Waals surface area contributed by atoms with Crippen LogP contribution in [-0.4, -0.2) is 24.7 Å². The van der Waals surface area contributed by atoms with Gasteiger partial charge in [0.2, 0.25) is 6.54 Å². The summed E-state index contributed by atoms with van der Waals surface area (Å²) < 4.78 is 0. The Hall–Kier alpha value is -0.100.